The van der Waals surface area contributed by atoms with E-state index < -0.39 is 11.7 Å². The average molecular weight is 366 g/mol. The average Bonchev–Trinajstić information content (AvgIpc) is 3.17. The zero-order valence-electron chi connectivity index (χ0n) is 14.7. The molecule has 0 aliphatic carbocycles. The van der Waals surface area contributed by atoms with Crippen molar-refractivity contribution in [3.05, 3.63) is 60.6 Å². The molecular weight excluding hydrogens is 347 g/mol. The molecule has 2 aromatic heterocycles. The van der Waals surface area contributed by atoms with Gasteiger partial charge in [-0.3, -0.25) is 4.79 Å². The number of piperidine rings is 1. The summed E-state index contributed by atoms with van der Waals surface area (Å²) in [5.41, 5.74) is 1.68. The molecule has 1 saturated heterocycles. The Hall–Kier alpha value is -3.29. The van der Waals surface area contributed by atoms with E-state index in [9.17, 15) is 9.18 Å². The molecule has 7 nitrogen and oxygen atoms in total. The van der Waals surface area contributed by atoms with Crippen LogP contribution in [0.1, 0.15) is 29.6 Å². The fourth-order valence-electron chi connectivity index (χ4n) is 3.19. The molecule has 3 heterocycles. The number of benzene rings is 1. The Kier molecular flexibility index (Phi) is 4.78. The number of carbonyl (C=O) groups excluding carboxylic acids is 1. The van der Waals surface area contributed by atoms with Crippen molar-refractivity contribution in [1.29, 1.82) is 0 Å². The molecule has 0 bridgehead atoms. The second kappa shape index (κ2) is 7.53. The summed E-state index contributed by atoms with van der Waals surface area (Å²) in [6.07, 6.45) is 10.0. The van der Waals surface area contributed by atoms with Gasteiger partial charge < -0.3 is 10.2 Å². The monoisotopic (exact) mass is 366 g/mol. The van der Waals surface area contributed by atoms with Gasteiger partial charge in [-0.25, -0.2) is 19.0 Å². The maximum absolute atomic E-state index is 13.3. The topological polar surface area (TPSA) is 75.9 Å². The largest absolute Gasteiger partial charge is 0.367 e. The van der Waals surface area contributed by atoms with E-state index >= 15 is 0 Å². The summed E-state index contributed by atoms with van der Waals surface area (Å²) in [6.45, 7) is 1.93. The van der Waals surface area contributed by atoms with E-state index in [1.807, 2.05) is 0 Å². The molecule has 138 valence electrons. The van der Waals surface area contributed by atoms with Crippen molar-refractivity contribution in [2.75, 3.05) is 23.3 Å². The molecule has 1 aliphatic heterocycles. The molecular formula is C19H19FN6O. The highest BCUT2D eigenvalue weighted by Crippen LogP contribution is 2.25. The van der Waals surface area contributed by atoms with E-state index in [-0.39, 0.29) is 5.56 Å². The first-order chi connectivity index (χ1) is 13.2. The third-order valence-corrected chi connectivity index (χ3v) is 4.51. The minimum Gasteiger partial charge on any atom is -0.367 e. The minimum atomic E-state index is -0.453. The molecule has 0 spiro atoms. The number of amides is 1. The van der Waals surface area contributed by atoms with E-state index in [1.165, 1.54) is 30.9 Å². The smallest absolute Gasteiger partial charge is 0.255 e. The SMILES string of the molecule is O=C(Nc1cnn(-c2ncncc2N2CCCCC2)c1)c1cccc(F)c1. The van der Waals surface area contributed by atoms with Gasteiger partial charge in [0.15, 0.2) is 5.82 Å². The lowest BCUT2D eigenvalue weighted by Crippen LogP contribution is -2.30. The third kappa shape index (κ3) is 3.79. The van der Waals surface area contributed by atoms with Crippen molar-refractivity contribution in [3.63, 3.8) is 0 Å². The molecule has 1 aromatic carbocycles. The number of carbonyl (C=O) groups is 1. The maximum atomic E-state index is 13.3. The van der Waals surface area contributed by atoms with E-state index in [0.717, 1.165) is 31.6 Å². The molecule has 4 rings (SSSR count). The lowest BCUT2D eigenvalue weighted by molar-refractivity contribution is 0.102. The van der Waals surface area contributed by atoms with Crippen LogP contribution in [0.2, 0.25) is 0 Å². The van der Waals surface area contributed by atoms with Crippen LogP contribution in [-0.4, -0.2) is 38.7 Å². The standard InChI is InChI=1S/C19H19FN6O/c20-15-6-4-5-14(9-15)19(27)24-16-10-23-26(12-16)18-17(11-21-13-22-18)25-7-2-1-3-8-25/h4-6,9-13H,1-3,7-8H2,(H,24,27). The number of hydrogen-bond acceptors (Lipinski definition) is 5. The minimum absolute atomic E-state index is 0.249. The highest BCUT2D eigenvalue weighted by Gasteiger charge is 2.18. The van der Waals surface area contributed by atoms with Crippen molar-refractivity contribution in [2.24, 2.45) is 0 Å². The Morgan fingerprint density at radius 2 is 2.00 bits per heavy atom. The molecule has 0 unspecified atom stereocenters. The second-order valence-corrected chi connectivity index (χ2v) is 6.42. The Morgan fingerprint density at radius 1 is 1.15 bits per heavy atom. The van der Waals surface area contributed by atoms with Crippen molar-refractivity contribution in [1.82, 2.24) is 19.7 Å². The molecule has 3 aromatic rings. The highest BCUT2D eigenvalue weighted by molar-refractivity contribution is 6.04. The van der Waals surface area contributed by atoms with Crippen molar-refractivity contribution in [2.45, 2.75) is 19.3 Å². The van der Waals surface area contributed by atoms with Gasteiger partial charge in [0.25, 0.3) is 5.91 Å². The predicted molar refractivity (Wildman–Crippen MR) is 99.6 cm³/mol. The summed E-state index contributed by atoms with van der Waals surface area (Å²) >= 11 is 0. The summed E-state index contributed by atoms with van der Waals surface area (Å²) in [7, 11) is 0. The molecule has 0 saturated carbocycles. The number of halogens is 1. The summed E-state index contributed by atoms with van der Waals surface area (Å²) in [6, 6.07) is 5.55. The molecule has 1 fully saturated rings. The Balaban J connectivity index is 1.55. The molecule has 1 amide bonds. The molecule has 27 heavy (non-hydrogen) atoms. The quantitative estimate of drug-likeness (QED) is 0.768. The van der Waals surface area contributed by atoms with Crippen LogP contribution in [0.4, 0.5) is 15.8 Å². The van der Waals surface area contributed by atoms with Gasteiger partial charge in [-0.2, -0.15) is 5.10 Å². The first-order valence-electron chi connectivity index (χ1n) is 8.87. The first kappa shape index (κ1) is 17.1. The number of aromatic nitrogens is 4. The van der Waals surface area contributed by atoms with Crippen LogP contribution in [0.15, 0.2) is 49.2 Å². The summed E-state index contributed by atoms with van der Waals surface area (Å²) < 4.78 is 14.9. The van der Waals surface area contributed by atoms with Gasteiger partial charge in [0, 0.05) is 18.7 Å². The number of nitrogens with one attached hydrogen (secondary N) is 1. The van der Waals surface area contributed by atoms with Crippen molar-refractivity contribution >= 4 is 17.3 Å². The van der Waals surface area contributed by atoms with Gasteiger partial charge >= 0.3 is 0 Å². The predicted octanol–water partition coefficient (Wildman–Crippen LogP) is 3.04. The summed E-state index contributed by atoms with van der Waals surface area (Å²) in [4.78, 5) is 23.1. The highest BCUT2D eigenvalue weighted by atomic mass is 19.1. The van der Waals surface area contributed by atoms with Crippen LogP contribution in [-0.2, 0) is 0 Å². The summed E-state index contributed by atoms with van der Waals surface area (Å²) in [5, 5.41) is 7.05. The van der Waals surface area contributed by atoms with Gasteiger partial charge in [-0.1, -0.05) is 6.07 Å². The van der Waals surface area contributed by atoms with Crippen LogP contribution >= 0.6 is 0 Å². The zero-order valence-corrected chi connectivity index (χ0v) is 14.7. The zero-order chi connectivity index (χ0) is 18.6. The number of hydrogen-bond donors (Lipinski definition) is 1. The molecule has 1 N–H and O–H groups in total. The van der Waals surface area contributed by atoms with E-state index in [0.29, 0.717) is 11.5 Å². The van der Waals surface area contributed by atoms with Crippen LogP contribution < -0.4 is 10.2 Å². The lowest BCUT2D eigenvalue weighted by atomic mass is 10.1. The van der Waals surface area contributed by atoms with E-state index in [4.69, 9.17) is 0 Å². The Bertz CT molecular complexity index is 951. The molecule has 0 radical (unpaired) electrons. The Labute approximate surface area is 155 Å². The lowest BCUT2D eigenvalue weighted by Gasteiger charge is -2.29. The maximum Gasteiger partial charge on any atom is 0.255 e. The summed E-state index contributed by atoms with van der Waals surface area (Å²) in [5.74, 6) is -0.184. The van der Waals surface area contributed by atoms with Gasteiger partial charge in [-0.15, -0.1) is 0 Å². The van der Waals surface area contributed by atoms with Gasteiger partial charge in [-0.05, 0) is 37.5 Å². The number of rotatable bonds is 4. The van der Waals surface area contributed by atoms with Crippen LogP contribution in [0.25, 0.3) is 5.82 Å². The number of nitrogens with zero attached hydrogens (tertiary/aromatic N) is 5. The van der Waals surface area contributed by atoms with Gasteiger partial charge in [0.2, 0.25) is 0 Å². The second-order valence-electron chi connectivity index (χ2n) is 6.42. The Morgan fingerprint density at radius 3 is 2.81 bits per heavy atom. The van der Waals surface area contributed by atoms with Gasteiger partial charge in [0.1, 0.15) is 17.8 Å². The van der Waals surface area contributed by atoms with Crippen molar-refractivity contribution in [3.8, 4) is 5.82 Å². The molecule has 8 heteroatoms. The first-order valence-corrected chi connectivity index (χ1v) is 8.87. The van der Waals surface area contributed by atoms with Crippen molar-refractivity contribution < 1.29 is 9.18 Å². The fraction of sp³-hybridized carbons (Fsp3) is 0.263. The van der Waals surface area contributed by atoms with Gasteiger partial charge in [0.05, 0.1) is 24.3 Å². The molecule has 0 atom stereocenters. The van der Waals surface area contributed by atoms with E-state index in [1.54, 1.807) is 29.3 Å². The fourth-order valence-corrected chi connectivity index (χ4v) is 3.19. The number of anilines is 2. The third-order valence-electron chi connectivity index (χ3n) is 4.51. The van der Waals surface area contributed by atoms with Crippen LogP contribution in [0.5, 0.6) is 0 Å². The molecule has 1 aliphatic rings. The van der Waals surface area contributed by atoms with E-state index in [2.05, 4.69) is 25.3 Å². The normalized spacial score (nSPS) is 14.2. The van der Waals surface area contributed by atoms with Crippen LogP contribution in [0, 0.1) is 5.82 Å². The van der Waals surface area contributed by atoms with Crippen LogP contribution in [0.3, 0.4) is 0 Å².